The largest absolute Gasteiger partial charge is 0.448 e. The van der Waals surface area contributed by atoms with Crippen molar-refractivity contribution in [2.45, 2.75) is 44.1 Å². The minimum absolute atomic E-state index is 0.243. The second kappa shape index (κ2) is 6.39. The van der Waals surface area contributed by atoms with Crippen LogP contribution in [0.2, 0.25) is 0 Å². The number of hydrogen-bond acceptors (Lipinski definition) is 5. The van der Waals surface area contributed by atoms with Gasteiger partial charge in [0.15, 0.2) is 11.6 Å². The minimum Gasteiger partial charge on any atom is -0.448 e. The smallest absolute Gasteiger partial charge is 0.277 e. The highest BCUT2D eigenvalue weighted by Crippen LogP contribution is 2.35. The third-order valence-electron chi connectivity index (χ3n) is 5.13. The molecule has 3 heterocycles. The summed E-state index contributed by atoms with van der Waals surface area (Å²) in [4.78, 5) is 19.0. The predicted octanol–water partition coefficient (Wildman–Crippen LogP) is 2.66. The van der Waals surface area contributed by atoms with Gasteiger partial charge in [0, 0.05) is 12.1 Å². The zero-order chi connectivity index (χ0) is 16.5. The third-order valence-corrected chi connectivity index (χ3v) is 5.13. The number of oxazole rings is 1. The van der Waals surface area contributed by atoms with Gasteiger partial charge in [-0.2, -0.15) is 5.10 Å². The summed E-state index contributed by atoms with van der Waals surface area (Å²) in [5.41, 5.74) is 1.04. The van der Waals surface area contributed by atoms with Crippen molar-refractivity contribution in [2.75, 3.05) is 25.5 Å². The number of piperidine rings is 1. The number of aromatic nitrogens is 3. The monoisotopic (exact) mass is 329 g/mol. The highest BCUT2D eigenvalue weighted by molar-refractivity contribution is 6.02. The molecule has 24 heavy (non-hydrogen) atoms. The fourth-order valence-corrected chi connectivity index (χ4v) is 3.29. The first-order valence-electron chi connectivity index (χ1n) is 8.68. The Hall–Kier alpha value is -2.15. The SMILES string of the molecule is CN1CCC(n2cc(NC(=O)c3coc(C4CCC4)n3)cn2)CC1. The predicted molar refractivity (Wildman–Crippen MR) is 89.0 cm³/mol. The first-order valence-corrected chi connectivity index (χ1v) is 8.68. The van der Waals surface area contributed by atoms with Crippen LogP contribution in [-0.2, 0) is 0 Å². The molecule has 4 rings (SSSR count). The van der Waals surface area contributed by atoms with Crippen LogP contribution in [-0.4, -0.2) is 45.7 Å². The topological polar surface area (TPSA) is 76.2 Å². The highest BCUT2D eigenvalue weighted by atomic mass is 16.3. The average Bonchev–Trinajstić information content (AvgIpc) is 3.16. The number of amides is 1. The molecule has 0 radical (unpaired) electrons. The van der Waals surface area contributed by atoms with Gasteiger partial charge < -0.3 is 14.6 Å². The van der Waals surface area contributed by atoms with E-state index in [2.05, 4.69) is 27.3 Å². The van der Waals surface area contributed by atoms with Crippen LogP contribution in [0.1, 0.15) is 60.4 Å². The minimum atomic E-state index is -0.243. The quantitative estimate of drug-likeness (QED) is 0.933. The van der Waals surface area contributed by atoms with Crippen LogP contribution in [0.3, 0.4) is 0 Å². The zero-order valence-corrected chi connectivity index (χ0v) is 13.9. The van der Waals surface area contributed by atoms with Gasteiger partial charge in [-0.05, 0) is 45.8 Å². The van der Waals surface area contributed by atoms with Crippen molar-refractivity contribution in [3.8, 4) is 0 Å². The van der Waals surface area contributed by atoms with E-state index < -0.39 is 0 Å². The summed E-state index contributed by atoms with van der Waals surface area (Å²) in [6.07, 6.45) is 10.6. The molecule has 1 N–H and O–H groups in total. The normalized spacial score (nSPS) is 20.0. The second-order valence-electron chi connectivity index (χ2n) is 6.90. The molecule has 2 aromatic rings. The second-order valence-corrected chi connectivity index (χ2v) is 6.90. The molecule has 1 saturated carbocycles. The molecule has 0 aromatic carbocycles. The van der Waals surface area contributed by atoms with Gasteiger partial charge in [0.2, 0.25) is 0 Å². The van der Waals surface area contributed by atoms with Gasteiger partial charge in [-0.15, -0.1) is 0 Å². The van der Waals surface area contributed by atoms with Crippen LogP contribution >= 0.6 is 0 Å². The summed E-state index contributed by atoms with van der Waals surface area (Å²) < 4.78 is 7.40. The van der Waals surface area contributed by atoms with Gasteiger partial charge in [0.25, 0.3) is 5.91 Å². The molecule has 1 saturated heterocycles. The Morgan fingerprint density at radius 1 is 1.29 bits per heavy atom. The molecule has 0 bridgehead atoms. The zero-order valence-electron chi connectivity index (χ0n) is 13.9. The summed E-state index contributed by atoms with van der Waals surface area (Å²) >= 11 is 0. The lowest BCUT2D eigenvalue weighted by atomic mass is 9.85. The van der Waals surface area contributed by atoms with E-state index >= 15 is 0 Å². The summed E-state index contributed by atoms with van der Waals surface area (Å²) in [7, 11) is 2.14. The number of rotatable bonds is 4. The van der Waals surface area contributed by atoms with Gasteiger partial charge in [0.05, 0.1) is 17.9 Å². The molecule has 7 nitrogen and oxygen atoms in total. The lowest BCUT2D eigenvalue weighted by Crippen LogP contribution is -2.31. The Balaban J connectivity index is 1.38. The van der Waals surface area contributed by atoms with Gasteiger partial charge in [-0.3, -0.25) is 9.48 Å². The molecule has 0 atom stereocenters. The van der Waals surface area contributed by atoms with Gasteiger partial charge in [-0.1, -0.05) is 6.42 Å². The number of nitrogens with one attached hydrogen (secondary N) is 1. The van der Waals surface area contributed by atoms with Crippen molar-refractivity contribution in [2.24, 2.45) is 0 Å². The number of nitrogens with zero attached hydrogens (tertiary/aromatic N) is 4. The van der Waals surface area contributed by atoms with Crippen LogP contribution in [0.4, 0.5) is 5.69 Å². The fraction of sp³-hybridized carbons (Fsp3) is 0.588. The van der Waals surface area contributed by atoms with E-state index in [0.29, 0.717) is 29.2 Å². The van der Waals surface area contributed by atoms with Crippen molar-refractivity contribution in [3.63, 3.8) is 0 Å². The lowest BCUT2D eigenvalue weighted by molar-refractivity contribution is 0.102. The van der Waals surface area contributed by atoms with E-state index in [1.807, 2.05) is 10.9 Å². The van der Waals surface area contributed by atoms with E-state index in [1.165, 1.54) is 12.7 Å². The summed E-state index contributed by atoms with van der Waals surface area (Å²) in [5, 5.41) is 7.27. The number of anilines is 1. The Morgan fingerprint density at radius 2 is 2.08 bits per heavy atom. The third kappa shape index (κ3) is 3.08. The molecule has 2 fully saturated rings. The van der Waals surface area contributed by atoms with E-state index in [-0.39, 0.29) is 5.91 Å². The molecule has 1 aliphatic heterocycles. The molecule has 0 unspecified atom stereocenters. The Morgan fingerprint density at radius 3 is 2.79 bits per heavy atom. The maximum atomic E-state index is 12.3. The van der Waals surface area contributed by atoms with E-state index in [0.717, 1.165) is 38.8 Å². The van der Waals surface area contributed by atoms with Crippen LogP contribution in [0, 0.1) is 0 Å². The molecule has 0 spiro atoms. The van der Waals surface area contributed by atoms with Crippen molar-refractivity contribution < 1.29 is 9.21 Å². The summed E-state index contributed by atoms with van der Waals surface area (Å²) in [6, 6.07) is 0.407. The molecule has 2 aromatic heterocycles. The molecular weight excluding hydrogens is 306 g/mol. The van der Waals surface area contributed by atoms with E-state index in [1.54, 1.807) is 6.20 Å². The number of likely N-dealkylation sites (tertiary alicyclic amines) is 1. The summed E-state index contributed by atoms with van der Waals surface area (Å²) in [5.74, 6) is 0.833. The molecule has 2 aliphatic rings. The fourth-order valence-electron chi connectivity index (χ4n) is 3.29. The molecule has 1 amide bonds. The maximum absolute atomic E-state index is 12.3. The Kier molecular flexibility index (Phi) is 4.10. The first kappa shape index (κ1) is 15.4. The number of carbonyl (C=O) groups excluding carboxylic acids is 1. The number of hydrogen-bond donors (Lipinski definition) is 1. The van der Waals surface area contributed by atoms with Gasteiger partial charge in [-0.25, -0.2) is 4.98 Å². The van der Waals surface area contributed by atoms with Crippen molar-refractivity contribution in [1.82, 2.24) is 19.7 Å². The van der Waals surface area contributed by atoms with E-state index in [4.69, 9.17) is 4.42 Å². The van der Waals surface area contributed by atoms with Crippen molar-refractivity contribution in [3.05, 3.63) is 30.2 Å². The average molecular weight is 329 g/mol. The maximum Gasteiger partial charge on any atom is 0.277 e. The van der Waals surface area contributed by atoms with Gasteiger partial charge >= 0.3 is 0 Å². The van der Waals surface area contributed by atoms with Gasteiger partial charge in [0.1, 0.15) is 6.26 Å². The van der Waals surface area contributed by atoms with Crippen molar-refractivity contribution >= 4 is 11.6 Å². The standard InChI is InChI=1S/C17H23N5O2/c1-21-7-5-14(6-8-21)22-10-13(9-18-22)19-16(23)15-11-24-17(20-15)12-3-2-4-12/h9-12,14H,2-8H2,1H3,(H,19,23). The van der Waals surface area contributed by atoms with Crippen LogP contribution in [0.25, 0.3) is 0 Å². The van der Waals surface area contributed by atoms with E-state index in [9.17, 15) is 4.79 Å². The van der Waals surface area contributed by atoms with Crippen molar-refractivity contribution in [1.29, 1.82) is 0 Å². The lowest BCUT2D eigenvalue weighted by Gasteiger charge is -2.28. The highest BCUT2D eigenvalue weighted by Gasteiger charge is 2.25. The van der Waals surface area contributed by atoms with Crippen LogP contribution in [0.5, 0.6) is 0 Å². The Labute approximate surface area is 141 Å². The molecule has 7 heteroatoms. The van der Waals surface area contributed by atoms with Crippen LogP contribution < -0.4 is 5.32 Å². The number of carbonyl (C=O) groups is 1. The molecule has 128 valence electrons. The van der Waals surface area contributed by atoms with Crippen LogP contribution in [0.15, 0.2) is 23.1 Å². The Bertz CT molecular complexity index is 710. The molecule has 1 aliphatic carbocycles. The molecular formula is C17H23N5O2. The summed E-state index contributed by atoms with van der Waals surface area (Å²) in [6.45, 7) is 2.16. The first-order chi connectivity index (χ1) is 11.7.